The van der Waals surface area contributed by atoms with Gasteiger partial charge in [-0.05, 0) is 34.9 Å². The molecule has 6 heteroatoms. The number of aliphatic hydroxyl groups excluding tert-OH is 2. The molecule has 0 unspecified atom stereocenters. The van der Waals surface area contributed by atoms with Gasteiger partial charge in [0.1, 0.15) is 5.75 Å². The first kappa shape index (κ1) is 17.9. The summed E-state index contributed by atoms with van der Waals surface area (Å²) in [6.45, 7) is -0.405. The van der Waals surface area contributed by atoms with Crippen molar-refractivity contribution in [1.82, 2.24) is 0 Å². The van der Waals surface area contributed by atoms with Crippen LogP contribution in [0.3, 0.4) is 0 Å². The number of ether oxygens (including phenoxy) is 4. The third-order valence-corrected chi connectivity index (χ3v) is 3.83. The van der Waals surface area contributed by atoms with Gasteiger partial charge in [-0.2, -0.15) is 0 Å². The molecule has 2 N–H and O–H groups in total. The van der Waals surface area contributed by atoms with Gasteiger partial charge in [-0.25, -0.2) is 0 Å². The molecule has 0 spiro atoms. The third kappa shape index (κ3) is 3.11. The summed E-state index contributed by atoms with van der Waals surface area (Å²) in [6.07, 6.45) is 0. The van der Waals surface area contributed by atoms with E-state index in [1.807, 2.05) is 6.07 Å². The molecule has 0 heterocycles. The van der Waals surface area contributed by atoms with Crippen LogP contribution in [0.4, 0.5) is 0 Å². The maximum absolute atomic E-state index is 9.81. The molecule has 0 atom stereocenters. The first-order valence-corrected chi connectivity index (χ1v) is 7.35. The highest BCUT2D eigenvalue weighted by Gasteiger charge is 2.23. The highest BCUT2D eigenvalue weighted by Crippen LogP contribution is 2.47. The zero-order chi connectivity index (χ0) is 17.7. The Kier molecular flexibility index (Phi) is 5.89. The van der Waals surface area contributed by atoms with Crippen molar-refractivity contribution in [3.63, 3.8) is 0 Å². The first-order chi connectivity index (χ1) is 11.6. The summed E-state index contributed by atoms with van der Waals surface area (Å²) in [6, 6.07) is 7.04. The normalized spacial score (nSPS) is 10.4. The van der Waals surface area contributed by atoms with E-state index in [-0.39, 0.29) is 13.2 Å². The van der Waals surface area contributed by atoms with Crippen LogP contribution in [0.1, 0.15) is 11.1 Å². The van der Waals surface area contributed by atoms with Crippen LogP contribution in [0.5, 0.6) is 23.0 Å². The van der Waals surface area contributed by atoms with E-state index in [4.69, 9.17) is 18.9 Å². The molecule has 0 aliphatic heterocycles. The number of benzene rings is 2. The van der Waals surface area contributed by atoms with Crippen LogP contribution in [0, 0.1) is 0 Å². The summed E-state index contributed by atoms with van der Waals surface area (Å²) >= 11 is 0. The van der Waals surface area contributed by atoms with Gasteiger partial charge in [-0.1, -0.05) is 6.07 Å². The van der Waals surface area contributed by atoms with Crippen LogP contribution in [0.25, 0.3) is 11.1 Å². The lowest BCUT2D eigenvalue weighted by molar-refractivity contribution is 0.277. The standard InChI is InChI=1S/C18H22O6/c1-21-13-5-6-14(11(7-13)9-19)16-12(10-20)8-15(22-2)17(23-3)18(16)24-4/h5-8,19-20H,9-10H2,1-4H3. The van der Waals surface area contributed by atoms with Crippen LogP contribution in [0.2, 0.25) is 0 Å². The molecule has 6 nitrogen and oxygen atoms in total. The van der Waals surface area contributed by atoms with Crippen molar-refractivity contribution in [3.05, 3.63) is 35.4 Å². The molecular weight excluding hydrogens is 312 g/mol. The number of methoxy groups -OCH3 is 4. The average Bonchev–Trinajstić information content (AvgIpc) is 2.65. The van der Waals surface area contributed by atoms with E-state index in [0.717, 1.165) is 5.56 Å². The quantitative estimate of drug-likeness (QED) is 0.809. The summed E-state index contributed by atoms with van der Waals surface area (Å²) in [5, 5.41) is 19.5. The van der Waals surface area contributed by atoms with E-state index in [1.165, 1.54) is 21.3 Å². The maximum Gasteiger partial charge on any atom is 0.203 e. The lowest BCUT2D eigenvalue weighted by atomic mass is 9.93. The van der Waals surface area contributed by atoms with Gasteiger partial charge in [-0.15, -0.1) is 0 Å². The van der Waals surface area contributed by atoms with E-state index < -0.39 is 0 Å². The summed E-state index contributed by atoms with van der Waals surface area (Å²) in [5.74, 6) is 1.95. The Morgan fingerprint density at radius 1 is 0.750 bits per heavy atom. The molecule has 2 aromatic carbocycles. The van der Waals surface area contributed by atoms with Crippen LogP contribution in [-0.2, 0) is 13.2 Å². The largest absolute Gasteiger partial charge is 0.497 e. The molecule has 0 aliphatic rings. The second-order valence-electron chi connectivity index (χ2n) is 5.02. The zero-order valence-electron chi connectivity index (χ0n) is 14.3. The Morgan fingerprint density at radius 3 is 1.92 bits per heavy atom. The third-order valence-electron chi connectivity index (χ3n) is 3.83. The lowest BCUT2D eigenvalue weighted by Crippen LogP contribution is -2.03. The first-order valence-electron chi connectivity index (χ1n) is 7.35. The van der Waals surface area contributed by atoms with Gasteiger partial charge in [0.25, 0.3) is 0 Å². The summed E-state index contributed by atoms with van der Waals surface area (Å²) in [5.41, 5.74) is 2.61. The smallest absolute Gasteiger partial charge is 0.203 e. The molecule has 24 heavy (non-hydrogen) atoms. The number of aliphatic hydroxyl groups is 2. The van der Waals surface area contributed by atoms with E-state index in [1.54, 1.807) is 25.3 Å². The van der Waals surface area contributed by atoms with E-state index in [2.05, 4.69) is 0 Å². The Labute approximate surface area is 141 Å². The van der Waals surface area contributed by atoms with Gasteiger partial charge >= 0.3 is 0 Å². The van der Waals surface area contributed by atoms with Crippen molar-refractivity contribution in [1.29, 1.82) is 0 Å². The van der Waals surface area contributed by atoms with Gasteiger partial charge < -0.3 is 29.2 Å². The zero-order valence-corrected chi connectivity index (χ0v) is 14.3. The maximum atomic E-state index is 9.81. The van der Waals surface area contributed by atoms with Crippen LogP contribution in [-0.4, -0.2) is 38.7 Å². The Morgan fingerprint density at radius 2 is 1.42 bits per heavy atom. The monoisotopic (exact) mass is 334 g/mol. The van der Waals surface area contributed by atoms with E-state index in [0.29, 0.717) is 39.7 Å². The Balaban J connectivity index is 2.82. The molecule has 0 saturated carbocycles. The predicted molar refractivity (Wildman–Crippen MR) is 89.9 cm³/mol. The molecular formula is C18H22O6. The van der Waals surface area contributed by atoms with Crippen molar-refractivity contribution in [3.8, 4) is 34.1 Å². The molecule has 130 valence electrons. The number of hydrogen-bond donors (Lipinski definition) is 2. The Hall–Kier alpha value is -2.44. The molecule has 2 aromatic rings. The number of hydrogen-bond acceptors (Lipinski definition) is 6. The summed E-state index contributed by atoms with van der Waals surface area (Å²) in [7, 11) is 6.12. The van der Waals surface area contributed by atoms with Crippen LogP contribution in [0.15, 0.2) is 24.3 Å². The summed E-state index contributed by atoms with van der Waals surface area (Å²) < 4.78 is 21.5. The van der Waals surface area contributed by atoms with E-state index >= 15 is 0 Å². The SMILES string of the molecule is COc1ccc(-c2c(CO)cc(OC)c(OC)c2OC)c(CO)c1. The van der Waals surface area contributed by atoms with Crippen molar-refractivity contribution in [2.75, 3.05) is 28.4 Å². The van der Waals surface area contributed by atoms with Crippen LogP contribution < -0.4 is 18.9 Å². The fourth-order valence-corrected chi connectivity index (χ4v) is 2.70. The van der Waals surface area contributed by atoms with Gasteiger partial charge in [0.05, 0.1) is 41.7 Å². The highest BCUT2D eigenvalue weighted by atomic mass is 16.5. The van der Waals surface area contributed by atoms with Gasteiger partial charge in [-0.3, -0.25) is 0 Å². The fourth-order valence-electron chi connectivity index (χ4n) is 2.70. The minimum atomic E-state index is -0.219. The minimum Gasteiger partial charge on any atom is -0.497 e. The molecule has 0 aromatic heterocycles. The van der Waals surface area contributed by atoms with Gasteiger partial charge in [0.2, 0.25) is 5.75 Å². The average molecular weight is 334 g/mol. The molecule has 0 fully saturated rings. The highest BCUT2D eigenvalue weighted by molar-refractivity contribution is 5.82. The topological polar surface area (TPSA) is 77.4 Å². The van der Waals surface area contributed by atoms with Crippen molar-refractivity contribution >= 4 is 0 Å². The van der Waals surface area contributed by atoms with Crippen LogP contribution >= 0.6 is 0 Å². The minimum absolute atomic E-state index is 0.186. The lowest BCUT2D eigenvalue weighted by Gasteiger charge is -2.20. The van der Waals surface area contributed by atoms with Crippen molar-refractivity contribution in [2.24, 2.45) is 0 Å². The molecule has 0 aliphatic carbocycles. The number of rotatable bonds is 7. The van der Waals surface area contributed by atoms with Crippen molar-refractivity contribution in [2.45, 2.75) is 13.2 Å². The molecule has 0 amide bonds. The van der Waals surface area contributed by atoms with Gasteiger partial charge in [0.15, 0.2) is 11.5 Å². The second kappa shape index (κ2) is 7.90. The van der Waals surface area contributed by atoms with Gasteiger partial charge in [0, 0.05) is 5.56 Å². The molecule has 0 saturated heterocycles. The molecule has 0 bridgehead atoms. The van der Waals surface area contributed by atoms with E-state index in [9.17, 15) is 10.2 Å². The molecule has 0 radical (unpaired) electrons. The Bertz CT molecular complexity index is 711. The van der Waals surface area contributed by atoms with Crippen molar-refractivity contribution < 1.29 is 29.2 Å². The summed E-state index contributed by atoms with van der Waals surface area (Å²) in [4.78, 5) is 0. The fraction of sp³-hybridized carbons (Fsp3) is 0.333. The second-order valence-corrected chi connectivity index (χ2v) is 5.02. The molecule has 2 rings (SSSR count). The predicted octanol–water partition coefficient (Wildman–Crippen LogP) is 2.37.